The van der Waals surface area contributed by atoms with Crippen molar-refractivity contribution in [1.82, 2.24) is 4.90 Å². The van der Waals surface area contributed by atoms with E-state index in [1.165, 1.54) is 19.2 Å². The van der Waals surface area contributed by atoms with Crippen LogP contribution in [0.1, 0.15) is 27.2 Å². The van der Waals surface area contributed by atoms with Gasteiger partial charge in [0.05, 0.1) is 22.3 Å². The number of hydrogen-bond acceptors (Lipinski definition) is 6. The molecule has 1 aromatic rings. The van der Waals surface area contributed by atoms with E-state index in [0.717, 1.165) is 4.90 Å². The average Bonchev–Trinajstić information content (AvgIpc) is 2.99. The number of methoxy groups -OCH3 is 1. The van der Waals surface area contributed by atoms with Crippen molar-refractivity contribution in [3.8, 4) is 0 Å². The summed E-state index contributed by atoms with van der Waals surface area (Å²) in [5.41, 5.74) is -0.780. The molecule has 26 heavy (non-hydrogen) atoms. The Bertz CT molecular complexity index is 802. The largest absolute Gasteiger partial charge is 0.467 e. The molecule has 2 atom stereocenters. The minimum Gasteiger partial charge on any atom is -0.467 e. The molecule has 7 nitrogen and oxygen atoms in total. The number of esters is 1. The molecule has 1 aromatic carbocycles. The minimum absolute atomic E-state index is 0.0266. The predicted molar refractivity (Wildman–Crippen MR) is 95.8 cm³/mol. The molecule has 1 aliphatic rings. The van der Waals surface area contributed by atoms with Crippen molar-refractivity contribution in [2.75, 3.05) is 13.7 Å². The van der Waals surface area contributed by atoms with Crippen molar-refractivity contribution in [3.05, 3.63) is 29.3 Å². The Labute approximate surface area is 158 Å². The molecular weight excluding hydrogens is 382 g/mol. The fraction of sp³-hybridized carbons (Fsp3) is 0.529. The van der Waals surface area contributed by atoms with Gasteiger partial charge in [0, 0.05) is 6.54 Å². The van der Waals surface area contributed by atoms with E-state index in [1.807, 2.05) is 0 Å². The number of benzene rings is 1. The molecule has 0 saturated carbocycles. The Morgan fingerprint density at radius 1 is 1.23 bits per heavy atom. The number of nitrogens with zero attached hydrogens (tertiary/aromatic N) is 1. The number of halogens is 1. The lowest BCUT2D eigenvalue weighted by molar-refractivity contribution is -0.145. The van der Waals surface area contributed by atoms with Crippen LogP contribution in [0.5, 0.6) is 0 Å². The standard InChI is InChI=1S/C17H22ClNO6S/c1-17(2,3)25-16(21)19-10-11(9-13(19)15(20)24-4)26(22,23)14-8-6-5-7-12(14)18/h5-8,11,13H,9-10H2,1-4H3/t11-,13+/m1/s1. The topological polar surface area (TPSA) is 90.0 Å². The van der Waals surface area contributed by atoms with Gasteiger partial charge in [-0.05, 0) is 39.3 Å². The van der Waals surface area contributed by atoms with Crippen molar-refractivity contribution in [1.29, 1.82) is 0 Å². The predicted octanol–water partition coefficient (Wildman–Crippen LogP) is 2.66. The van der Waals surface area contributed by atoms with Crippen LogP contribution in [0, 0.1) is 0 Å². The van der Waals surface area contributed by atoms with E-state index in [4.69, 9.17) is 21.1 Å². The number of likely N-dealkylation sites (tertiary alicyclic amines) is 1. The van der Waals surface area contributed by atoms with Crippen LogP contribution in [0.4, 0.5) is 4.79 Å². The fourth-order valence-electron chi connectivity index (χ4n) is 2.76. The molecule has 144 valence electrons. The first kappa shape index (κ1) is 20.5. The summed E-state index contributed by atoms with van der Waals surface area (Å²) in [6.07, 6.45) is -0.843. The summed E-state index contributed by atoms with van der Waals surface area (Å²) < 4.78 is 35.9. The number of sulfone groups is 1. The third-order valence-electron chi connectivity index (χ3n) is 3.95. The zero-order valence-corrected chi connectivity index (χ0v) is 16.6. The first-order chi connectivity index (χ1) is 12.0. The van der Waals surface area contributed by atoms with Crippen LogP contribution in [-0.2, 0) is 24.1 Å². The van der Waals surface area contributed by atoms with E-state index in [2.05, 4.69) is 0 Å². The Kier molecular flexibility index (Phi) is 5.87. The molecule has 0 radical (unpaired) electrons. The minimum atomic E-state index is -3.84. The van der Waals surface area contributed by atoms with Gasteiger partial charge in [-0.2, -0.15) is 0 Å². The molecule has 2 rings (SSSR count). The van der Waals surface area contributed by atoms with Crippen LogP contribution in [-0.4, -0.2) is 55.9 Å². The van der Waals surface area contributed by atoms with Gasteiger partial charge in [0.15, 0.2) is 9.84 Å². The van der Waals surface area contributed by atoms with Crippen molar-refractivity contribution < 1.29 is 27.5 Å². The molecular formula is C17H22ClNO6S. The monoisotopic (exact) mass is 403 g/mol. The molecule has 1 saturated heterocycles. The van der Waals surface area contributed by atoms with E-state index < -0.39 is 38.8 Å². The third kappa shape index (κ3) is 4.29. The fourth-order valence-corrected chi connectivity index (χ4v) is 4.98. The van der Waals surface area contributed by atoms with Gasteiger partial charge >= 0.3 is 12.1 Å². The highest BCUT2D eigenvalue weighted by Crippen LogP contribution is 2.32. The first-order valence-electron chi connectivity index (χ1n) is 8.03. The maximum Gasteiger partial charge on any atom is 0.411 e. The Balaban J connectivity index is 2.34. The highest BCUT2D eigenvalue weighted by Gasteiger charge is 2.47. The van der Waals surface area contributed by atoms with E-state index in [9.17, 15) is 18.0 Å². The second kappa shape index (κ2) is 7.44. The maximum atomic E-state index is 12.9. The Morgan fingerprint density at radius 2 is 1.85 bits per heavy atom. The summed E-state index contributed by atoms with van der Waals surface area (Å²) in [5, 5.41) is -0.892. The number of amides is 1. The number of carbonyl (C=O) groups excluding carboxylic acids is 2. The van der Waals surface area contributed by atoms with Gasteiger partial charge in [-0.15, -0.1) is 0 Å². The van der Waals surface area contributed by atoms with E-state index >= 15 is 0 Å². The SMILES string of the molecule is COC(=O)[C@@H]1C[C@@H](S(=O)(=O)c2ccccc2Cl)CN1C(=O)OC(C)(C)C. The highest BCUT2D eigenvalue weighted by molar-refractivity contribution is 7.92. The average molecular weight is 404 g/mol. The van der Waals surface area contributed by atoms with Crippen molar-refractivity contribution in [3.63, 3.8) is 0 Å². The van der Waals surface area contributed by atoms with Crippen molar-refractivity contribution >= 4 is 33.5 Å². The molecule has 0 unspecified atom stereocenters. The van der Waals surface area contributed by atoms with Crippen LogP contribution in [0.15, 0.2) is 29.2 Å². The summed E-state index contributed by atoms with van der Waals surface area (Å²) in [4.78, 5) is 25.6. The Morgan fingerprint density at radius 3 is 2.38 bits per heavy atom. The van der Waals surface area contributed by atoms with E-state index in [1.54, 1.807) is 32.9 Å². The normalized spacial score (nSPS) is 20.7. The number of carbonyl (C=O) groups is 2. The van der Waals surface area contributed by atoms with Gasteiger partial charge < -0.3 is 9.47 Å². The lowest BCUT2D eigenvalue weighted by Gasteiger charge is -2.27. The third-order valence-corrected chi connectivity index (χ3v) is 6.58. The molecule has 0 N–H and O–H groups in total. The summed E-state index contributed by atoms with van der Waals surface area (Å²) >= 11 is 6.02. The molecule has 0 aliphatic carbocycles. The van der Waals surface area contributed by atoms with Crippen LogP contribution in [0.2, 0.25) is 5.02 Å². The summed E-state index contributed by atoms with van der Waals surface area (Å²) in [5.74, 6) is -0.687. The smallest absolute Gasteiger partial charge is 0.411 e. The molecule has 9 heteroatoms. The van der Waals surface area contributed by atoms with Crippen molar-refractivity contribution in [2.24, 2.45) is 0 Å². The van der Waals surface area contributed by atoms with Gasteiger partial charge in [-0.3, -0.25) is 4.90 Å². The van der Waals surface area contributed by atoms with Gasteiger partial charge in [-0.1, -0.05) is 23.7 Å². The number of ether oxygens (including phenoxy) is 2. The summed E-state index contributed by atoms with van der Waals surface area (Å²) in [6, 6.07) is 5.04. The zero-order valence-electron chi connectivity index (χ0n) is 15.1. The van der Waals surface area contributed by atoms with Gasteiger partial charge in [-0.25, -0.2) is 18.0 Å². The number of rotatable bonds is 3. The lowest BCUT2D eigenvalue weighted by atomic mass is 10.2. The second-order valence-corrected chi connectivity index (χ2v) is 9.61. The summed E-state index contributed by atoms with van der Waals surface area (Å²) in [7, 11) is -2.66. The molecule has 1 aliphatic heterocycles. The zero-order chi connectivity index (χ0) is 19.7. The quantitative estimate of drug-likeness (QED) is 0.720. The highest BCUT2D eigenvalue weighted by atomic mass is 35.5. The van der Waals surface area contributed by atoms with Gasteiger partial charge in [0.1, 0.15) is 11.6 Å². The molecule has 0 bridgehead atoms. The van der Waals surface area contributed by atoms with E-state index in [0.29, 0.717) is 0 Å². The Hall–Kier alpha value is -1.80. The van der Waals surface area contributed by atoms with Crippen LogP contribution < -0.4 is 0 Å². The maximum absolute atomic E-state index is 12.9. The molecule has 1 heterocycles. The summed E-state index contributed by atoms with van der Waals surface area (Å²) in [6.45, 7) is 4.88. The van der Waals surface area contributed by atoms with Crippen LogP contribution >= 0.6 is 11.6 Å². The first-order valence-corrected chi connectivity index (χ1v) is 9.95. The van der Waals surface area contributed by atoms with Crippen molar-refractivity contribution in [2.45, 2.75) is 49.0 Å². The van der Waals surface area contributed by atoms with Crippen LogP contribution in [0.25, 0.3) is 0 Å². The molecule has 0 spiro atoms. The lowest BCUT2D eigenvalue weighted by Crippen LogP contribution is -2.44. The van der Waals surface area contributed by atoms with Crippen LogP contribution in [0.3, 0.4) is 0 Å². The van der Waals surface area contributed by atoms with Gasteiger partial charge in [0.25, 0.3) is 0 Å². The van der Waals surface area contributed by atoms with E-state index in [-0.39, 0.29) is 22.9 Å². The second-order valence-electron chi connectivity index (χ2n) is 7.00. The number of hydrogen-bond donors (Lipinski definition) is 0. The molecule has 0 aromatic heterocycles. The molecule has 1 fully saturated rings. The van der Waals surface area contributed by atoms with Gasteiger partial charge in [0.2, 0.25) is 0 Å². The molecule has 1 amide bonds.